The summed E-state index contributed by atoms with van der Waals surface area (Å²) in [6, 6.07) is 23.6. The maximum atomic E-state index is 13.7. The van der Waals surface area contributed by atoms with E-state index in [1.165, 1.54) is 0 Å². The molecule has 0 spiro atoms. The smallest absolute Gasteiger partial charge is 0.254 e. The molecular formula is C27H31N3O3. The Balaban J connectivity index is 1.49. The van der Waals surface area contributed by atoms with Gasteiger partial charge in [0.25, 0.3) is 5.91 Å². The summed E-state index contributed by atoms with van der Waals surface area (Å²) < 4.78 is 11.3. The molecule has 1 aliphatic rings. The van der Waals surface area contributed by atoms with Crippen LogP contribution in [0.5, 0.6) is 5.88 Å². The Labute approximate surface area is 195 Å². The van der Waals surface area contributed by atoms with Crippen molar-refractivity contribution in [3.8, 4) is 5.88 Å². The van der Waals surface area contributed by atoms with E-state index in [0.29, 0.717) is 24.6 Å². The molecule has 0 N–H and O–H groups in total. The maximum Gasteiger partial charge on any atom is 0.254 e. The number of pyridine rings is 1. The summed E-state index contributed by atoms with van der Waals surface area (Å²) in [7, 11) is 0. The summed E-state index contributed by atoms with van der Waals surface area (Å²) in [6.45, 7) is 7.15. The fourth-order valence-corrected chi connectivity index (χ4v) is 3.98. The minimum Gasteiger partial charge on any atom is -0.473 e. The first kappa shape index (κ1) is 23.0. The third kappa shape index (κ3) is 6.63. The molecule has 1 atom stereocenters. The molecule has 1 fully saturated rings. The van der Waals surface area contributed by atoms with Gasteiger partial charge in [-0.3, -0.25) is 9.69 Å². The zero-order chi connectivity index (χ0) is 22.9. The van der Waals surface area contributed by atoms with Gasteiger partial charge in [0, 0.05) is 50.0 Å². The number of amides is 1. The van der Waals surface area contributed by atoms with Crippen molar-refractivity contribution in [2.45, 2.75) is 26.1 Å². The second-order valence-electron chi connectivity index (χ2n) is 8.34. The average molecular weight is 446 g/mol. The van der Waals surface area contributed by atoms with E-state index in [9.17, 15) is 4.79 Å². The first-order chi connectivity index (χ1) is 16.2. The van der Waals surface area contributed by atoms with Crippen LogP contribution in [-0.2, 0) is 17.9 Å². The number of carbonyl (C=O) groups is 1. The highest BCUT2D eigenvalue weighted by molar-refractivity contribution is 5.94. The van der Waals surface area contributed by atoms with E-state index in [-0.39, 0.29) is 11.9 Å². The van der Waals surface area contributed by atoms with Crippen LogP contribution in [-0.4, -0.2) is 59.6 Å². The number of carbonyl (C=O) groups excluding carboxylic acids is 1. The van der Waals surface area contributed by atoms with Gasteiger partial charge in [-0.1, -0.05) is 60.7 Å². The number of aromatic nitrogens is 1. The minimum atomic E-state index is -0.0217. The van der Waals surface area contributed by atoms with E-state index < -0.39 is 0 Å². The summed E-state index contributed by atoms with van der Waals surface area (Å²) >= 11 is 0. The van der Waals surface area contributed by atoms with Crippen molar-refractivity contribution in [2.24, 2.45) is 0 Å². The average Bonchev–Trinajstić information content (AvgIpc) is 2.87. The molecule has 2 heterocycles. The van der Waals surface area contributed by atoms with Crippen molar-refractivity contribution in [1.29, 1.82) is 0 Å². The summed E-state index contributed by atoms with van der Waals surface area (Å²) in [6.07, 6.45) is 1.64. The molecule has 1 saturated heterocycles. The van der Waals surface area contributed by atoms with Crippen LogP contribution in [0.4, 0.5) is 0 Å². The first-order valence-corrected chi connectivity index (χ1v) is 11.5. The molecule has 1 amide bonds. The molecule has 0 radical (unpaired) electrons. The Bertz CT molecular complexity index is 1010. The topological polar surface area (TPSA) is 54.9 Å². The Morgan fingerprint density at radius 2 is 1.70 bits per heavy atom. The number of benzene rings is 2. The zero-order valence-corrected chi connectivity index (χ0v) is 19.1. The van der Waals surface area contributed by atoms with Crippen LogP contribution in [0, 0.1) is 0 Å². The van der Waals surface area contributed by atoms with Crippen LogP contribution in [0.1, 0.15) is 28.4 Å². The quantitative estimate of drug-likeness (QED) is 0.498. The highest BCUT2D eigenvalue weighted by Crippen LogP contribution is 2.18. The standard InChI is InChI=1S/C27H31N3O3/c1-22(19-29-14-16-32-17-15-29)30(20-23-8-4-2-5-9-23)27(31)25-12-13-28-26(18-25)33-21-24-10-6-3-7-11-24/h2-13,18,22H,14-17,19-21H2,1H3. The van der Waals surface area contributed by atoms with Gasteiger partial charge in [0.15, 0.2) is 0 Å². The van der Waals surface area contributed by atoms with E-state index in [1.807, 2.05) is 53.4 Å². The largest absolute Gasteiger partial charge is 0.473 e. The van der Waals surface area contributed by atoms with E-state index in [1.54, 1.807) is 18.3 Å². The second-order valence-corrected chi connectivity index (χ2v) is 8.34. The highest BCUT2D eigenvalue weighted by atomic mass is 16.5. The molecule has 1 aromatic heterocycles. The van der Waals surface area contributed by atoms with Crippen LogP contribution in [0.15, 0.2) is 79.0 Å². The van der Waals surface area contributed by atoms with Crippen molar-refractivity contribution in [3.05, 3.63) is 95.7 Å². The number of hydrogen-bond donors (Lipinski definition) is 0. The van der Waals surface area contributed by atoms with Crippen LogP contribution in [0.25, 0.3) is 0 Å². The van der Waals surface area contributed by atoms with Crippen LogP contribution < -0.4 is 4.74 Å². The van der Waals surface area contributed by atoms with Crippen LogP contribution in [0.2, 0.25) is 0 Å². The molecule has 33 heavy (non-hydrogen) atoms. The molecule has 3 aromatic rings. The highest BCUT2D eigenvalue weighted by Gasteiger charge is 2.25. The molecule has 0 aliphatic carbocycles. The molecule has 0 bridgehead atoms. The fraction of sp³-hybridized carbons (Fsp3) is 0.333. The van der Waals surface area contributed by atoms with Gasteiger partial charge in [0.1, 0.15) is 6.61 Å². The Morgan fingerprint density at radius 1 is 1.03 bits per heavy atom. The first-order valence-electron chi connectivity index (χ1n) is 11.5. The van der Waals surface area contributed by atoms with Crippen molar-refractivity contribution in [2.75, 3.05) is 32.8 Å². The van der Waals surface area contributed by atoms with Gasteiger partial charge in [-0.05, 0) is 24.1 Å². The predicted octanol–water partition coefficient (Wildman–Crippen LogP) is 4.02. The van der Waals surface area contributed by atoms with Crippen LogP contribution in [0.3, 0.4) is 0 Å². The summed E-state index contributed by atoms with van der Waals surface area (Å²) in [5.74, 6) is 0.428. The van der Waals surface area contributed by atoms with Gasteiger partial charge in [0.05, 0.1) is 13.2 Å². The summed E-state index contributed by atoms with van der Waals surface area (Å²) in [4.78, 5) is 22.3. The number of rotatable bonds is 9. The number of ether oxygens (including phenoxy) is 2. The molecule has 1 unspecified atom stereocenters. The monoisotopic (exact) mass is 445 g/mol. The second kappa shape index (κ2) is 11.6. The van der Waals surface area contributed by atoms with Crippen molar-refractivity contribution in [1.82, 2.24) is 14.8 Å². The van der Waals surface area contributed by atoms with Gasteiger partial charge >= 0.3 is 0 Å². The third-order valence-corrected chi connectivity index (χ3v) is 5.83. The summed E-state index contributed by atoms with van der Waals surface area (Å²) in [5, 5.41) is 0. The van der Waals surface area contributed by atoms with Crippen molar-refractivity contribution >= 4 is 5.91 Å². The maximum absolute atomic E-state index is 13.7. The van der Waals surface area contributed by atoms with E-state index in [0.717, 1.165) is 44.0 Å². The fourth-order valence-electron chi connectivity index (χ4n) is 3.98. The number of morpholine rings is 1. The SMILES string of the molecule is CC(CN1CCOCC1)N(Cc1ccccc1)C(=O)c1ccnc(OCc2ccccc2)c1. The number of hydrogen-bond acceptors (Lipinski definition) is 5. The van der Waals surface area contributed by atoms with Gasteiger partial charge in [-0.25, -0.2) is 4.98 Å². The van der Waals surface area contributed by atoms with Crippen molar-refractivity contribution in [3.63, 3.8) is 0 Å². The number of nitrogens with zero attached hydrogens (tertiary/aromatic N) is 3. The molecule has 4 rings (SSSR count). The third-order valence-electron chi connectivity index (χ3n) is 5.83. The minimum absolute atomic E-state index is 0.0217. The van der Waals surface area contributed by atoms with Gasteiger partial charge in [0.2, 0.25) is 5.88 Å². The van der Waals surface area contributed by atoms with Crippen molar-refractivity contribution < 1.29 is 14.3 Å². The lowest BCUT2D eigenvalue weighted by molar-refractivity contribution is 0.0228. The van der Waals surface area contributed by atoms with E-state index in [2.05, 4.69) is 28.9 Å². The lowest BCUT2D eigenvalue weighted by atomic mass is 10.1. The van der Waals surface area contributed by atoms with E-state index in [4.69, 9.17) is 9.47 Å². The zero-order valence-electron chi connectivity index (χ0n) is 19.1. The molecule has 0 saturated carbocycles. The summed E-state index contributed by atoms with van der Waals surface area (Å²) in [5.41, 5.74) is 2.74. The van der Waals surface area contributed by atoms with Crippen LogP contribution >= 0.6 is 0 Å². The Kier molecular flexibility index (Phi) is 8.06. The Morgan fingerprint density at radius 3 is 2.39 bits per heavy atom. The van der Waals surface area contributed by atoms with Gasteiger partial charge in [-0.2, -0.15) is 0 Å². The lowest BCUT2D eigenvalue weighted by Crippen LogP contribution is -2.48. The molecule has 6 nitrogen and oxygen atoms in total. The predicted molar refractivity (Wildman–Crippen MR) is 128 cm³/mol. The normalized spacial score (nSPS) is 15.1. The molecule has 1 aliphatic heterocycles. The van der Waals surface area contributed by atoms with Gasteiger partial charge < -0.3 is 14.4 Å². The molecule has 172 valence electrons. The Hall–Kier alpha value is -3.22. The molecular weight excluding hydrogens is 414 g/mol. The van der Waals surface area contributed by atoms with E-state index >= 15 is 0 Å². The molecule has 6 heteroatoms. The molecule has 2 aromatic carbocycles. The lowest BCUT2D eigenvalue weighted by Gasteiger charge is -2.35. The van der Waals surface area contributed by atoms with Gasteiger partial charge in [-0.15, -0.1) is 0 Å².